The molecule has 0 aliphatic carbocycles. The first-order chi connectivity index (χ1) is 11.3. The summed E-state index contributed by atoms with van der Waals surface area (Å²) >= 11 is 1.52. The first-order valence-corrected chi connectivity index (χ1v) is 7.95. The van der Waals surface area contributed by atoms with E-state index in [9.17, 15) is 0 Å². The van der Waals surface area contributed by atoms with Crippen molar-refractivity contribution in [3.05, 3.63) is 70.7 Å². The monoisotopic (exact) mass is 318 g/mol. The number of hydrogen-bond acceptors (Lipinski definition) is 5. The molecule has 2 aromatic carbocycles. The van der Waals surface area contributed by atoms with E-state index in [0.717, 1.165) is 27.5 Å². The van der Waals surface area contributed by atoms with Crippen LogP contribution in [0.4, 0.5) is 5.13 Å². The third-order valence-electron chi connectivity index (χ3n) is 3.25. The average molecular weight is 318 g/mol. The van der Waals surface area contributed by atoms with Gasteiger partial charge in [0.2, 0.25) is 5.13 Å². The Kier molecular flexibility index (Phi) is 4.46. The van der Waals surface area contributed by atoms with Crippen molar-refractivity contribution in [3.63, 3.8) is 0 Å². The number of thiazole rings is 1. The molecule has 4 nitrogen and oxygen atoms in total. The highest BCUT2D eigenvalue weighted by atomic mass is 32.1. The van der Waals surface area contributed by atoms with Crippen LogP contribution >= 0.6 is 11.3 Å². The Labute approximate surface area is 138 Å². The van der Waals surface area contributed by atoms with Gasteiger partial charge < -0.3 is 0 Å². The molecule has 0 radical (unpaired) electrons. The maximum Gasteiger partial charge on any atom is 0.203 e. The van der Waals surface area contributed by atoms with E-state index in [0.29, 0.717) is 5.56 Å². The maximum absolute atomic E-state index is 9.06. The predicted molar refractivity (Wildman–Crippen MR) is 94.7 cm³/mol. The summed E-state index contributed by atoms with van der Waals surface area (Å²) in [5, 5.41) is 16.1. The molecule has 0 aliphatic heterocycles. The predicted octanol–water partition coefficient (Wildman–Crippen LogP) is 4.44. The molecule has 0 saturated heterocycles. The minimum absolute atomic E-state index is 0.644. The third kappa shape index (κ3) is 3.62. The normalized spacial score (nSPS) is 10.6. The minimum atomic E-state index is 0.644. The summed E-state index contributed by atoms with van der Waals surface area (Å²) in [6.45, 7) is 1.95. The lowest BCUT2D eigenvalue weighted by molar-refractivity contribution is 1.22. The second-order valence-corrected chi connectivity index (χ2v) is 5.80. The van der Waals surface area contributed by atoms with Crippen LogP contribution in [0.3, 0.4) is 0 Å². The molecule has 23 heavy (non-hydrogen) atoms. The van der Waals surface area contributed by atoms with Crippen molar-refractivity contribution >= 4 is 22.7 Å². The number of nitrogens with zero attached hydrogens (tertiary/aromatic N) is 3. The zero-order valence-corrected chi connectivity index (χ0v) is 13.3. The second kappa shape index (κ2) is 6.86. The molecule has 0 unspecified atom stereocenters. The Morgan fingerprint density at radius 2 is 2.09 bits per heavy atom. The van der Waals surface area contributed by atoms with E-state index in [-0.39, 0.29) is 0 Å². The number of aryl methyl sites for hydroxylation is 1. The zero-order chi connectivity index (χ0) is 16.1. The minimum Gasteiger partial charge on any atom is -0.253 e. The Hall–Kier alpha value is -2.97. The standard InChI is InChI=1S/C18H14N4S/c1-13-12-23-18(21-13)22-20-11-16-6-2-3-8-17(16)15-7-4-5-14(9-15)10-19/h2-9,11-12H,1H3,(H,21,22). The van der Waals surface area contributed by atoms with Gasteiger partial charge in [0, 0.05) is 10.9 Å². The molecule has 1 N–H and O–H groups in total. The largest absolute Gasteiger partial charge is 0.253 e. The Balaban J connectivity index is 1.87. The summed E-state index contributed by atoms with van der Waals surface area (Å²) in [6, 6.07) is 17.7. The van der Waals surface area contributed by atoms with Gasteiger partial charge in [0.15, 0.2) is 0 Å². The summed E-state index contributed by atoms with van der Waals surface area (Å²) in [5.41, 5.74) is 7.56. The average Bonchev–Trinajstić information content (AvgIpc) is 3.01. The van der Waals surface area contributed by atoms with Crippen LogP contribution in [0.2, 0.25) is 0 Å². The summed E-state index contributed by atoms with van der Waals surface area (Å²) in [4.78, 5) is 4.30. The summed E-state index contributed by atoms with van der Waals surface area (Å²) in [7, 11) is 0. The van der Waals surface area contributed by atoms with Crippen LogP contribution in [0, 0.1) is 18.3 Å². The number of rotatable bonds is 4. The number of nitrogens with one attached hydrogen (secondary N) is 1. The highest BCUT2D eigenvalue weighted by Gasteiger charge is 2.04. The molecule has 0 fully saturated rings. The SMILES string of the molecule is Cc1csc(NN=Cc2ccccc2-c2cccc(C#N)c2)n1. The van der Waals surface area contributed by atoms with Crippen molar-refractivity contribution in [2.75, 3.05) is 5.43 Å². The van der Waals surface area contributed by atoms with Crippen molar-refractivity contribution in [2.24, 2.45) is 5.10 Å². The molecule has 0 bridgehead atoms. The number of anilines is 1. The van der Waals surface area contributed by atoms with Crippen molar-refractivity contribution < 1.29 is 0 Å². The van der Waals surface area contributed by atoms with Gasteiger partial charge in [-0.25, -0.2) is 4.98 Å². The summed E-state index contributed by atoms with van der Waals surface area (Å²) in [5.74, 6) is 0. The molecule has 0 atom stereocenters. The van der Waals surface area contributed by atoms with E-state index >= 15 is 0 Å². The van der Waals surface area contributed by atoms with Gasteiger partial charge in [0.25, 0.3) is 0 Å². The van der Waals surface area contributed by atoms with Gasteiger partial charge in [0.1, 0.15) is 0 Å². The van der Waals surface area contributed by atoms with Crippen LogP contribution in [-0.2, 0) is 0 Å². The van der Waals surface area contributed by atoms with Crippen LogP contribution in [0.15, 0.2) is 59.0 Å². The molecule has 0 saturated carbocycles. The van der Waals surface area contributed by atoms with Gasteiger partial charge in [-0.2, -0.15) is 10.4 Å². The van der Waals surface area contributed by atoms with Crippen molar-refractivity contribution in [2.45, 2.75) is 6.92 Å². The first-order valence-electron chi connectivity index (χ1n) is 7.07. The molecular weight excluding hydrogens is 304 g/mol. The topological polar surface area (TPSA) is 61.1 Å². The highest BCUT2D eigenvalue weighted by molar-refractivity contribution is 7.13. The maximum atomic E-state index is 9.06. The highest BCUT2D eigenvalue weighted by Crippen LogP contribution is 2.23. The molecule has 112 valence electrons. The first kappa shape index (κ1) is 14.9. The quantitative estimate of drug-likeness (QED) is 0.571. The molecule has 1 aromatic heterocycles. The zero-order valence-electron chi connectivity index (χ0n) is 12.5. The van der Waals surface area contributed by atoms with E-state index in [2.05, 4.69) is 21.6 Å². The molecule has 5 heteroatoms. The van der Waals surface area contributed by atoms with Gasteiger partial charge in [-0.15, -0.1) is 11.3 Å². The summed E-state index contributed by atoms with van der Waals surface area (Å²) < 4.78 is 0. The Morgan fingerprint density at radius 3 is 2.87 bits per heavy atom. The lowest BCUT2D eigenvalue weighted by Crippen LogP contribution is -1.93. The number of nitriles is 1. The fourth-order valence-corrected chi connectivity index (χ4v) is 2.83. The van der Waals surface area contributed by atoms with Gasteiger partial charge in [-0.05, 0) is 30.2 Å². The van der Waals surface area contributed by atoms with E-state index in [1.54, 1.807) is 12.3 Å². The smallest absolute Gasteiger partial charge is 0.203 e. The third-order valence-corrected chi connectivity index (χ3v) is 4.11. The van der Waals surface area contributed by atoms with Crippen LogP contribution in [0.5, 0.6) is 0 Å². The summed E-state index contributed by atoms with van der Waals surface area (Å²) in [6.07, 6.45) is 1.77. The van der Waals surface area contributed by atoms with E-state index < -0.39 is 0 Å². The molecule has 3 aromatic rings. The lowest BCUT2D eigenvalue weighted by Gasteiger charge is -2.06. The lowest BCUT2D eigenvalue weighted by atomic mass is 9.99. The van der Waals surface area contributed by atoms with Gasteiger partial charge in [-0.1, -0.05) is 36.4 Å². The molecule has 0 aliphatic rings. The molecule has 1 heterocycles. The van der Waals surface area contributed by atoms with Crippen molar-refractivity contribution in [1.29, 1.82) is 5.26 Å². The number of aromatic nitrogens is 1. The molecular formula is C18H14N4S. The van der Waals surface area contributed by atoms with Gasteiger partial charge in [0.05, 0.1) is 23.5 Å². The molecule has 3 rings (SSSR count). The fraction of sp³-hybridized carbons (Fsp3) is 0.0556. The van der Waals surface area contributed by atoms with Crippen molar-refractivity contribution in [1.82, 2.24) is 4.98 Å². The number of hydrogen-bond donors (Lipinski definition) is 1. The number of benzene rings is 2. The van der Waals surface area contributed by atoms with Gasteiger partial charge in [-0.3, -0.25) is 5.43 Å². The van der Waals surface area contributed by atoms with E-state index in [1.807, 2.05) is 54.8 Å². The van der Waals surface area contributed by atoms with Crippen LogP contribution in [0.25, 0.3) is 11.1 Å². The van der Waals surface area contributed by atoms with E-state index in [1.165, 1.54) is 11.3 Å². The number of hydrazone groups is 1. The Bertz CT molecular complexity index is 890. The molecule has 0 spiro atoms. The molecule has 0 amide bonds. The van der Waals surface area contributed by atoms with Crippen LogP contribution < -0.4 is 5.43 Å². The van der Waals surface area contributed by atoms with E-state index in [4.69, 9.17) is 5.26 Å². The fourth-order valence-electron chi connectivity index (χ4n) is 2.19. The second-order valence-electron chi connectivity index (χ2n) is 4.94. The Morgan fingerprint density at radius 1 is 1.22 bits per heavy atom. The van der Waals surface area contributed by atoms with Crippen LogP contribution in [0.1, 0.15) is 16.8 Å². The van der Waals surface area contributed by atoms with Gasteiger partial charge >= 0.3 is 0 Å². The van der Waals surface area contributed by atoms with Crippen molar-refractivity contribution in [3.8, 4) is 17.2 Å². The van der Waals surface area contributed by atoms with Crippen LogP contribution in [-0.4, -0.2) is 11.2 Å².